The number of piperidine rings is 1. The molecule has 4 rings (SSSR count). The lowest BCUT2D eigenvalue weighted by Gasteiger charge is -2.41. The van der Waals surface area contributed by atoms with E-state index in [0.717, 1.165) is 17.8 Å². The van der Waals surface area contributed by atoms with E-state index in [9.17, 15) is 13.6 Å². The second-order valence-electron chi connectivity index (χ2n) is 6.10. The van der Waals surface area contributed by atoms with Crippen molar-refractivity contribution in [2.45, 2.75) is 25.2 Å². The van der Waals surface area contributed by atoms with E-state index in [1.54, 1.807) is 11.1 Å². The molecule has 2 aliphatic rings. The Balaban J connectivity index is 1.54. The van der Waals surface area contributed by atoms with Gasteiger partial charge in [-0.25, -0.2) is 13.5 Å². The van der Waals surface area contributed by atoms with Crippen LogP contribution < -0.4 is 4.74 Å². The first-order chi connectivity index (χ1) is 12.1. The van der Waals surface area contributed by atoms with E-state index in [1.807, 2.05) is 4.68 Å². The van der Waals surface area contributed by atoms with E-state index < -0.39 is 23.3 Å². The molecule has 2 aromatic rings. The minimum atomic E-state index is -0.901. The zero-order valence-corrected chi connectivity index (χ0v) is 13.5. The van der Waals surface area contributed by atoms with Gasteiger partial charge in [0.2, 0.25) is 0 Å². The predicted octanol–water partition coefficient (Wildman–Crippen LogP) is 1.55. The molecule has 7 nitrogen and oxygen atoms in total. The SMILES string of the molecule is COc1c(F)cc(C(=O)N2CC[C@H]3[C@H](C2)OCc2cnnn23)cc1F. The second-order valence-corrected chi connectivity index (χ2v) is 6.10. The number of benzene rings is 1. The van der Waals surface area contributed by atoms with Crippen molar-refractivity contribution >= 4 is 5.91 Å². The van der Waals surface area contributed by atoms with Gasteiger partial charge >= 0.3 is 0 Å². The lowest BCUT2D eigenvalue weighted by Crippen LogP contribution is -2.50. The van der Waals surface area contributed by atoms with Gasteiger partial charge < -0.3 is 14.4 Å². The zero-order valence-electron chi connectivity index (χ0n) is 13.5. The highest BCUT2D eigenvalue weighted by molar-refractivity contribution is 5.94. The van der Waals surface area contributed by atoms with E-state index in [1.165, 1.54) is 7.11 Å². The molecule has 132 valence electrons. The molecule has 3 heterocycles. The minimum Gasteiger partial charge on any atom is -0.491 e. The smallest absolute Gasteiger partial charge is 0.254 e. The number of hydrogen-bond acceptors (Lipinski definition) is 5. The average Bonchev–Trinajstić information content (AvgIpc) is 3.09. The molecule has 1 aromatic heterocycles. The van der Waals surface area contributed by atoms with Crippen molar-refractivity contribution < 1.29 is 23.0 Å². The highest BCUT2D eigenvalue weighted by Crippen LogP contribution is 2.31. The molecule has 1 amide bonds. The summed E-state index contributed by atoms with van der Waals surface area (Å²) in [6.45, 7) is 1.15. The summed E-state index contributed by atoms with van der Waals surface area (Å²) in [5.41, 5.74) is 0.854. The molecule has 1 aromatic carbocycles. The zero-order chi connectivity index (χ0) is 17.6. The normalized spacial score (nSPS) is 22.3. The van der Waals surface area contributed by atoms with Crippen LogP contribution >= 0.6 is 0 Å². The molecule has 0 N–H and O–H groups in total. The molecule has 1 saturated heterocycles. The van der Waals surface area contributed by atoms with Gasteiger partial charge in [-0.3, -0.25) is 4.79 Å². The number of hydrogen-bond donors (Lipinski definition) is 0. The molecule has 25 heavy (non-hydrogen) atoms. The van der Waals surface area contributed by atoms with Gasteiger partial charge in [-0.1, -0.05) is 5.21 Å². The Bertz CT molecular complexity index is 802. The van der Waals surface area contributed by atoms with E-state index in [2.05, 4.69) is 15.0 Å². The van der Waals surface area contributed by atoms with Crippen LogP contribution in [0.15, 0.2) is 18.3 Å². The second kappa shape index (κ2) is 6.07. The topological polar surface area (TPSA) is 69.5 Å². The van der Waals surface area contributed by atoms with Gasteiger partial charge in [0.25, 0.3) is 5.91 Å². The first kappa shape index (κ1) is 15.9. The van der Waals surface area contributed by atoms with E-state index in [0.29, 0.717) is 26.1 Å². The largest absolute Gasteiger partial charge is 0.491 e. The Morgan fingerprint density at radius 1 is 1.36 bits per heavy atom. The standard InChI is InChI=1S/C16H16F2N4O3/c1-24-15-11(17)4-9(5-12(15)18)16(23)21-3-2-13-14(7-21)25-8-10-6-19-20-22(10)13/h4-6,13-14H,2-3,7-8H2,1H3/t13-,14-/m0/s1. The quantitative estimate of drug-likeness (QED) is 0.822. The Morgan fingerprint density at radius 3 is 2.84 bits per heavy atom. The lowest BCUT2D eigenvalue weighted by atomic mass is 9.99. The molecule has 9 heteroatoms. The fourth-order valence-corrected chi connectivity index (χ4v) is 3.43. The van der Waals surface area contributed by atoms with Crippen LogP contribution in [-0.4, -0.2) is 52.1 Å². The van der Waals surface area contributed by atoms with Crippen molar-refractivity contribution in [3.63, 3.8) is 0 Å². The summed E-state index contributed by atoms with van der Waals surface area (Å²) in [6, 6.07) is 2.00. The van der Waals surface area contributed by atoms with Crippen molar-refractivity contribution in [3.05, 3.63) is 41.2 Å². The van der Waals surface area contributed by atoms with Crippen LogP contribution in [-0.2, 0) is 11.3 Å². The number of halogens is 2. The molecular weight excluding hydrogens is 334 g/mol. The first-order valence-electron chi connectivity index (χ1n) is 7.91. The highest BCUT2D eigenvalue weighted by atomic mass is 19.1. The van der Waals surface area contributed by atoms with Gasteiger partial charge in [0.1, 0.15) is 0 Å². The lowest BCUT2D eigenvalue weighted by molar-refractivity contribution is -0.0627. The molecule has 2 aliphatic heterocycles. The predicted molar refractivity (Wildman–Crippen MR) is 81.1 cm³/mol. The molecule has 0 unspecified atom stereocenters. The average molecular weight is 350 g/mol. The maximum absolute atomic E-state index is 13.9. The van der Waals surface area contributed by atoms with Crippen LogP contribution in [0, 0.1) is 11.6 Å². The van der Waals surface area contributed by atoms with Crippen LogP contribution in [0.5, 0.6) is 5.75 Å². The summed E-state index contributed by atoms with van der Waals surface area (Å²) in [6.07, 6.45) is 2.07. The Hall–Kier alpha value is -2.55. The summed E-state index contributed by atoms with van der Waals surface area (Å²) < 4.78 is 40.0. The van der Waals surface area contributed by atoms with Crippen molar-refractivity contribution in [2.24, 2.45) is 0 Å². The van der Waals surface area contributed by atoms with Crippen LogP contribution in [0.2, 0.25) is 0 Å². The molecular formula is C16H16F2N4O3. The van der Waals surface area contributed by atoms with Crippen molar-refractivity contribution in [3.8, 4) is 5.75 Å². The van der Waals surface area contributed by atoms with Gasteiger partial charge in [-0.05, 0) is 18.6 Å². The number of likely N-dealkylation sites (tertiary alicyclic amines) is 1. The molecule has 1 fully saturated rings. The van der Waals surface area contributed by atoms with Crippen LogP contribution in [0.4, 0.5) is 8.78 Å². The third kappa shape index (κ3) is 2.64. The number of nitrogens with zero attached hydrogens (tertiary/aromatic N) is 4. The maximum Gasteiger partial charge on any atom is 0.254 e. The fraction of sp³-hybridized carbons (Fsp3) is 0.438. The minimum absolute atomic E-state index is 0.0136. The van der Waals surface area contributed by atoms with E-state index >= 15 is 0 Å². The van der Waals surface area contributed by atoms with E-state index in [-0.39, 0.29) is 17.7 Å². The number of amides is 1. The Labute approximate surface area is 142 Å². The number of fused-ring (bicyclic) bond motifs is 3. The third-order valence-electron chi connectivity index (χ3n) is 4.67. The van der Waals surface area contributed by atoms with Crippen molar-refractivity contribution in [1.82, 2.24) is 19.9 Å². The number of carbonyl (C=O) groups is 1. The Morgan fingerprint density at radius 2 is 2.12 bits per heavy atom. The number of aromatic nitrogens is 3. The summed E-state index contributed by atoms with van der Waals surface area (Å²) in [5.74, 6) is -2.74. The molecule has 0 radical (unpaired) electrons. The van der Waals surface area contributed by atoms with Crippen LogP contribution in [0.1, 0.15) is 28.5 Å². The van der Waals surface area contributed by atoms with Crippen LogP contribution in [0.3, 0.4) is 0 Å². The van der Waals surface area contributed by atoms with E-state index in [4.69, 9.17) is 4.74 Å². The number of methoxy groups -OCH3 is 1. The molecule has 0 spiro atoms. The molecule has 0 aliphatic carbocycles. The van der Waals surface area contributed by atoms with Gasteiger partial charge in [-0.15, -0.1) is 5.10 Å². The van der Waals surface area contributed by atoms with Gasteiger partial charge in [0, 0.05) is 18.7 Å². The Kier molecular flexibility index (Phi) is 3.87. The monoisotopic (exact) mass is 350 g/mol. The van der Waals surface area contributed by atoms with Gasteiger partial charge in [0.05, 0.1) is 37.8 Å². The van der Waals surface area contributed by atoms with Gasteiger partial charge in [0.15, 0.2) is 17.4 Å². The third-order valence-corrected chi connectivity index (χ3v) is 4.67. The number of carbonyl (C=O) groups excluding carboxylic acids is 1. The van der Waals surface area contributed by atoms with Crippen LogP contribution in [0.25, 0.3) is 0 Å². The number of rotatable bonds is 2. The van der Waals surface area contributed by atoms with Crippen molar-refractivity contribution in [1.29, 1.82) is 0 Å². The fourth-order valence-electron chi connectivity index (χ4n) is 3.43. The molecule has 0 saturated carbocycles. The highest BCUT2D eigenvalue weighted by Gasteiger charge is 2.38. The maximum atomic E-state index is 13.9. The molecule has 2 atom stereocenters. The summed E-state index contributed by atoms with van der Waals surface area (Å²) in [7, 11) is 1.17. The summed E-state index contributed by atoms with van der Waals surface area (Å²) in [4.78, 5) is 14.2. The summed E-state index contributed by atoms with van der Waals surface area (Å²) in [5, 5.41) is 7.97. The molecule has 0 bridgehead atoms. The first-order valence-corrected chi connectivity index (χ1v) is 7.91. The summed E-state index contributed by atoms with van der Waals surface area (Å²) >= 11 is 0. The van der Waals surface area contributed by atoms with Gasteiger partial charge in [-0.2, -0.15) is 0 Å². The van der Waals surface area contributed by atoms with Crippen molar-refractivity contribution in [2.75, 3.05) is 20.2 Å². The number of ether oxygens (including phenoxy) is 2.